The van der Waals surface area contributed by atoms with Gasteiger partial charge < -0.3 is 8.92 Å². The van der Waals surface area contributed by atoms with E-state index in [2.05, 4.69) is 4.74 Å². The summed E-state index contributed by atoms with van der Waals surface area (Å²) in [5.41, 5.74) is 0.987. The van der Waals surface area contributed by atoms with Crippen LogP contribution in [0, 0.1) is 6.92 Å². The van der Waals surface area contributed by atoms with Gasteiger partial charge in [-0.3, -0.25) is 0 Å². The fourth-order valence-corrected chi connectivity index (χ4v) is 3.74. The molecular weight excluding hydrogens is 300 g/mol. The molecule has 0 aliphatic rings. The second kappa shape index (κ2) is 5.64. The average Bonchev–Trinajstić information content (AvgIpc) is 2.90. The molecule has 0 spiro atoms. The zero-order chi connectivity index (χ0) is 14.8. The maximum atomic E-state index is 12.2. The lowest BCUT2D eigenvalue weighted by atomic mass is 10.2. The molecule has 0 aliphatic carbocycles. The van der Waals surface area contributed by atoms with E-state index in [0.717, 1.165) is 16.9 Å². The van der Waals surface area contributed by atoms with Gasteiger partial charge >= 0.3 is 16.1 Å². The van der Waals surface area contributed by atoms with Gasteiger partial charge in [-0.25, -0.2) is 4.79 Å². The fraction of sp³-hybridized carbons (Fsp3) is 0.154. The first-order valence-corrected chi connectivity index (χ1v) is 7.90. The standard InChI is InChI=1S/C13H12O5S2/c1-9-3-5-10(6-4-9)18-20(15,16)11-7-8-19-12(11)13(14)17-2/h3-8H,1-2H3. The van der Waals surface area contributed by atoms with Crippen molar-refractivity contribution in [1.29, 1.82) is 0 Å². The summed E-state index contributed by atoms with van der Waals surface area (Å²) in [6.07, 6.45) is 0. The summed E-state index contributed by atoms with van der Waals surface area (Å²) in [7, 11) is -2.87. The van der Waals surface area contributed by atoms with Crippen molar-refractivity contribution in [2.45, 2.75) is 11.8 Å². The van der Waals surface area contributed by atoms with Crippen molar-refractivity contribution in [3.05, 3.63) is 46.2 Å². The monoisotopic (exact) mass is 312 g/mol. The lowest BCUT2D eigenvalue weighted by molar-refractivity contribution is 0.0602. The highest BCUT2D eigenvalue weighted by molar-refractivity contribution is 7.87. The number of rotatable bonds is 4. The van der Waals surface area contributed by atoms with Crippen LogP contribution < -0.4 is 4.18 Å². The summed E-state index contributed by atoms with van der Waals surface area (Å²) >= 11 is 0.988. The van der Waals surface area contributed by atoms with Gasteiger partial charge in [0.1, 0.15) is 15.5 Å². The van der Waals surface area contributed by atoms with Crippen molar-refractivity contribution in [2.24, 2.45) is 0 Å². The molecule has 106 valence electrons. The van der Waals surface area contributed by atoms with Crippen LogP contribution in [-0.2, 0) is 14.9 Å². The summed E-state index contributed by atoms with van der Waals surface area (Å²) in [6, 6.07) is 7.90. The van der Waals surface area contributed by atoms with E-state index in [1.807, 2.05) is 6.92 Å². The number of hydrogen-bond acceptors (Lipinski definition) is 6. The molecule has 0 N–H and O–H groups in total. The van der Waals surface area contributed by atoms with Crippen molar-refractivity contribution in [3.63, 3.8) is 0 Å². The van der Waals surface area contributed by atoms with E-state index < -0.39 is 16.1 Å². The fourth-order valence-electron chi connectivity index (χ4n) is 1.50. The Morgan fingerprint density at radius 1 is 1.15 bits per heavy atom. The maximum absolute atomic E-state index is 12.2. The molecule has 1 aromatic heterocycles. The Bertz CT molecular complexity index is 713. The molecule has 2 rings (SSSR count). The van der Waals surface area contributed by atoms with Crippen molar-refractivity contribution < 1.29 is 22.1 Å². The third-order valence-corrected chi connectivity index (χ3v) is 4.81. The van der Waals surface area contributed by atoms with Gasteiger partial charge in [0.25, 0.3) is 0 Å². The van der Waals surface area contributed by atoms with Crippen molar-refractivity contribution in [1.82, 2.24) is 0 Å². The van der Waals surface area contributed by atoms with E-state index in [0.29, 0.717) is 0 Å². The Balaban J connectivity index is 2.34. The molecule has 0 unspecified atom stereocenters. The van der Waals surface area contributed by atoms with Crippen LogP contribution >= 0.6 is 11.3 Å². The molecule has 0 fully saturated rings. The van der Waals surface area contributed by atoms with Crippen LogP contribution in [0.15, 0.2) is 40.6 Å². The van der Waals surface area contributed by atoms with Gasteiger partial charge in [0.15, 0.2) is 0 Å². The summed E-state index contributed by atoms with van der Waals surface area (Å²) < 4.78 is 33.9. The maximum Gasteiger partial charge on any atom is 0.349 e. The molecule has 0 bridgehead atoms. The van der Waals surface area contributed by atoms with Crippen LogP contribution in [0.2, 0.25) is 0 Å². The van der Waals surface area contributed by atoms with Crippen molar-refractivity contribution in [3.8, 4) is 5.75 Å². The summed E-state index contributed by atoms with van der Waals surface area (Å²) in [4.78, 5) is 11.3. The van der Waals surface area contributed by atoms with Crippen molar-refractivity contribution in [2.75, 3.05) is 7.11 Å². The Hall–Kier alpha value is -1.86. The Labute approximate surface area is 120 Å². The second-order valence-corrected chi connectivity index (χ2v) is 6.39. The minimum absolute atomic E-state index is 0.000360. The lowest BCUT2D eigenvalue weighted by Gasteiger charge is -2.07. The largest absolute Gasteiger partial charge is 0.465 e. The molecule has 20 heavy (non-hydrogen) atoms. The van der Waals surface area contributed by atoms with E-state index >= 15 is 0 Å². The normalized spacial score (nSPS) is 11.1. The topological polar surface area (TPSA) is 69.7 Å². The SMILES string of the molecule is COC(=O)c1sccc1S(=O)(=O)Oc1ccc(C)cc1. The van der Waals surface area contributed by atoms with Crippen molar-refractivity contribution >= 4 is 27.4 Å². The van der Waals surface area contributed by atoms with Crippen LogP contribution in [0.4, 0.5) is 0 Å². The van der Waals surface area contributed by atoms with Crippen LogP contribution in [0.25, 0.3) is 0 Å². The molecule has 0 saturated carbocycles. The van der Waals surface area contributed by atoms with E-state index in [9.17, 15) is 13.2 Å². The molecule has 0 aliphatic heterocycles. The van der Waals surface area contributed by atoms with E-state index in [1.165, 1.54) is 18.6 Å². The molecule has 0 amide bonds. The number of esters is 1. The van der Waals surface area contributed by atoms with Crippen LogP contribution in [-0.4, -0.2) is 21.5 Å². The zero-order valence-electron chi connectivity index (χ0n) is 10.8. The van der Waals surface area contributed by atoms with Gasteiger partial charge in [0.2, 0.25) is 0 Å². The number of carbonyl (C=O) groups excluding carboxylic acids is 1. The second-order valence-electron chi connectivity index (χ2n) is 3.96. The van der Waals surface area contributed by atoms with Crippen LogP contribution in [0.5, 0.6) is 5.75 Å². The molecule has 5 nitrogen and oxygen atoms in total. The summed E-state index contributed by atoms with van der Waals surface area (Å²) in [5.74, 6) is -0.510. The van der Waals surface area contributed by atoms with E-state index in [4.69, 9.17) is 4.18 Å². The Morgan fingerprint density at radius 2 is 1.80 bits per heavy atom. The highest BCUT2D eigenvalue weighted by atomic mass is 32.2. The average molecular weight is 312 g/mol. The number of carbonyl (C=O) groups is 1. The zero-order valence-corrected chi connectivity index (χ0v) is 12.5. The predicted molar refractivity (Wildman–Crippen MR) is 74.7 cm³/mol. The van der Waals surface area contributed by atoms with Gasteiger partial charge in [0, 0.05) is 0 Å². The molecule has 0 radical (unpaired) electrons. The van der Waals surface area contributed by atoms with E-state index in [-0.39, 0.29) is 15.5 Å². The molecule has 0 atom stereocenters. The lowest BCUT2D eigenvalue weighted by Crippen LogP contribution is -2.13. The minimum atomic E-state index is -4.06. The number of aryl methyl sites for hydroxylation is 1. The van der Waals surface area contributed by atoms with Gasteiger partial charge in [-0.2, -0.15) is 8.42 Å². The summed E-state index contributed by atoms with van der Waals surface area (Å²) in [6.45, 7) is 1.88. The molecule has 7 heteroatoms. The quantitative estimate of drug-likeness (QED) is 0.641. The number of ether oxygens (including phenoxy) is 1. The Morgan fingerprint density at radius 3 is 2.40 bits per heavy atom. The van der Waals surface area contributed by atoms with Gasteiger partial charge in [-0.15, -0.1) is 11.3 Å². The molecular formula is C13H12O5S2. The Kier molecular flexibility index (Phi) is 4.10. The highest BCUT2D eigenvalue weighted by Gasteiger charge is 2.26. The number of thiophene rings is 1. The number of methoxy groups -OCH3 is 1. The minimum Gasteiger partial charge on any atom is -0.465 e. The van der Waals surface area contributed by atoms with Gasteiger partial charge in [-0.05, 0) is 30.5 Å². The molecule has 0 saturated heterocycles. The summed E-state index contributed by atoms with van der Waals surface area (Å²) in [5, 5.41) is 1.50. The predicted octanol–water partition coefficient (Wildman–Crippen LogP) is 2.61. The first-order chi connectivity index (χ1) is 9.44. The molecule has 2 aromatic rings. The first-order valence-electron chi connectivity index (χ1n) is 5.61. The third-order valence-electron chi connectivity index (χ3n) is 2.50. The van der Waals surface area contributed by atoms with Gasteiger partial charge in [0.05, 0.1) is 7.11 Å². The smallest absolute Gasteiger partial charge is 0.349 e. The highest BCUT2D eigenvalue weighted by Crippen LogP contribution is 2.26. The first kappa shape index (κ1) is 14.5. The van der Waals surface area contributed by atoms with Crippen LogP contribution in [0.3, 0.4) is 0 Å². The van der Waals surface area contributed by atoms with E-state index in [1.54, 1.807) is 24.3 Å². The molecule has 1 aromatic carbocycles. The van der Waals surface area contributed by atoms with Gasteiger partial charge in [-0.1, -0.05) is 17.7 Å². The number of benzene rings is 1. The third kappa shape index (κ3) is 3.00. The number of hydrogen-bond donors (Lipinski definition) is 0. The van der Waals surface area contributed by atoms with Crippen LogP contribution in [0.1, 0.15) is 15.2 Å². The molecule has 1 heterocycles.